The van der Waals surface area contributed by atoms with Gasteiger partial charge in [-0.15, -0.1) is 11.3 Å². The molecule has 0 fully saturated rings. The summed E-state index contributed by atoms with van der Waals surface area (Å²) >= 11 is 1.26. The molecule has 1 heterocycles. The minimum Gasteiger partial charge on any atom is -0.451 e. The number of nitrogens with zero attached hydrogens (tertiary/aromatic N) is 1. The van der Waals surface area contributed by atoms with E-state index in [-0.39, 0.29) is 11.4 Å². The van der Waals surface area contributed by atoms with Crippen molar-refractivity contribution in [2.45, 2.75) is 0 Å². The molecule has 0 bridgehead atoms. The Balaban J connectivity index is 1.59. The Labute approximate surface area is 158 Å². The molecule has 3 aromatic rings. The van der Waals surface area contributed by atoms with Gasteiger partial charge in [0.2, 0.25) is 0 Å². The zero-order valence-electron chi connectivity index (χ0n) is 14.0. The van der Waals surface area contributed by atoms with Crippen molar-refractivity contribution in [2.24, 2.45) is 0 Å². The molecule has 7 nitrogen and oxygen atoms in total. The highest BCUT2D eigenvalue weighted by atomic mass is 32.1. The fraction of sp³-hybridized carbons (Fsp3) is 0.0526. The van der Waals surface area contributed by atoms with Gasteiger partial charge in [-0.3, -0.25) is 14.9 Å². The van der Waals surface area contributed by atoms with Gasteiger partial charge < -0.3 is 10.1 Å². The van der Waals surface area contributed by atoms with Crippen molar-refractivity contribution >= 4 is 34.6 Å². The van der Waals surface area contributed by atoms with E-state index in [4.69, 9.17) is 4.74 Å². The van der Waals surface area contributed by atoms with Crippen LogP contribution in [-0.4, -0.2) is 23.4 Å². The number of nitro groups is 1. The highest BCUT2D eigenvalue weighted by Gasteiger charge is 2.17. The SMILES string of the molecule is O=C(COC(=O)c1ccc(-c2ccccc2)s1)Nc1ccccc1[N+](=O)[O-]. The number of rotatable bonds is 6. The van der Waals surface area contributed by atoms with E-state index in [0.29, 0.717) is 4.88 Å². The summed E-state index contributed by atoms with van der Waals surface area (Å²) in [5.74, 6) is -1.28. The lowest BCUT2D eigenvalue weighted by atomic mass is 10.2. The number of anilines is 1. The van der Waals surface area contributed by atoms with Gasteiger partial charge >= 0.3 is 5.97 Å². The maximum Gasteiger partial charge on any atom is 0.348 e. The van der Waals surface area contributed by atoms with Crippen LogP contribution in [-0.2, 0) is 9.53 Å². The predicted molar refractivity (Wildman–Crippen MR) is 102 cm³/mol. The Kier molecular flexibility index (Phi) is 5.58. The molecule has 0 saturated carbocycles. The van der Waals surface area contributed by atoms with E-state index in [1.54, 1.807) is 12.1 Å². The largest absolute Gasteiger partial charge is 0.451 e. The zero-order valence-corrected chi connectivity index (χ0v) is 14.8. The average Bonchev–Trinajstić information content (AvgIpc) is 3.17. The van der Waals surface area contributed by atoms with Crippen molar-refractivity contribution in [3.05, 3.63) is 81.7 Å². The van der Waals surface area contributed by atoms with E-state index < -0.39 is 23.4 Å². The molecule has 136 valence electrons. The Hall–Kier alpha value is -3.52. The van der Waals surface area contributed by atoms with Crippen molar-refractivity contribution in [3.8, 4) is 10.4 Å². The number of carbonyl (C=O) groups is 2. The van der Waals surface area contributed by atoms with Gasteiger partial charge in [-0.25, -0.2) is 4.79 Å². The first-order valence-corrected chi connectivity index (χ1v) is 8.72. The minimum atomic E-state index is -0.655. The van der Waals surface area contributed by atoms with Crippen LogP contribution >= 0.6 is 11.3 Å². The monoisotopic (exact) mass is 382 g/mol. The first kappa shape index (κ1) is 18.3. The number of benzene rings is 2. The molecule has 3 rings (SSSR count). The molecule has 0 atom stereocenters. The van der Waals surface area contributed by atoms with Crippen LogP contribution in [0.25, 0.3) is 10.4 Å². The molecular formula is C19H14N2O5S. The number of para-hydroxylation sites is 2. The lowest BCUT2D eigenvalue weighted by molar-refractivity contribution is -0.383. The summed E-state index contributed by atoms with van der Waals surface area (Å²) in [4.78, 5) is 35.7. The Morgan fingerprint density at radius 1 is 1.00 bits per heavy atom. The summed E-state index contributed by atoms with van der Waals surface area (Å²) in [6, 6.07) is 18.8. The highest BCUT2D eigenvalue weighted by Crippen LogP contribution is 2.28. The van der Waals surface area contributed by atoms with E-state index in [9.17, 15) is 19.7 Å². The van der Waals surface area contributed by atoms with E-state index in [2.05, 4.69) is 5.32 Å². The third kappa shape index (κ3) is 4.56. The second-order valence-corrected chi connectivity index (χ2v) is 6.51. The van der Waals surface area contributed by atoms with Crippen molar-refractivity contribution in [1.82, 2.24) is 0 Å². The molecule has 0 unspecified atom stereocenters. The summed E-state index contributed by atoms with van der Waals surface area (Å²) in [7, 11) is 0. The van der Waals surface area contributed by atoms with Crippen LogP contribution in [0.1, 0.15) is 9.67 Å². The lowest BCUT2D eigenvalue weighted by Gasteiger charge is -2.06. The predicted octanol–water partition coefficient (Wildman–Crippen LogP) is 4.12. The Morgan fingerprint density at radius 3 is 2.44 bits per heavy atom. The van der Waals surface area contributed by atoms with Crippen LogP contribution in [0.4, 0.5) is 11.4 Å². The van der Waals surface area contributed by atoms with E-state index in [0.717, 1.165) is 10.4 Å². The first-order chi connectivity index (χ1) is 13.0. The number of thiophene rings is 1. The van der Waals surface area contributed by atoms with Gasteiger partial charge in [-0.05, 0) is 23.8 Å². The molecule has 0 saturated heterocycles. The summed E-state index contributed by atoms with van der Waals surface area (Å²) in [5, 5.41) is 13.3. The number of esters is 1. The molecule has 0 aliphatic carbocycles. The van der Waals surface area contributed by atoms with Crippen molar-refractivity contribution in [2.75, 3.05) is 11.9 Å². The van der Waals surface area contributed by atoms with Gasteiger partial charge in [-0.2, -0.15) is 0 Å². The van der Waals surface area contributed by atoms with Gasteiger partial charge in [0.25, 0.3) is 11.6 Å². The molecular weight excluding hydrogens is 368 g/mol. The van der Waals surface area contributed by atoms with Crippen LogP contribution in [0.15, 0.2) is 66.7 Å². The minimum absolute atomic E-state index is 0.0473. The van der Waals surface area contributed by atoms with Crippen LogP contribution in [0, 0.1) is 10.1 Å². The number of carbonyl (C=O) groups excluding carboxylic acids is 2. The average molecular weight is 382 g/mol. The number of nitrogens with one attached hydrogen (secondary N) is 1. The van der Waals surface area contributed by atoms with Crippen molar-refractivity contribution in [1.29, 1.82) is 0 Å². The maximum atomic E-state index is 12.1. The molecule has 0 spiro atoms. The van der Waals surface area contributed by atoms with E-state index in [1.807, 2.05) is 36.4 Å². The zero-order chi connectivity index (χ0) is 19.2. The molecule has 0 aliphatic rings. The molecule has 0 radical (unpaired) electrons. The highest BCUT2D eigenvalue weighted by molar-refractivity contribution is 7.17. The lowest BCUT2D eigenvalue weighted by Crippen LogP contribution is -2.21. The molecule has 8 heteroatoms. The van der Waals surface area contributed by atoms with Gasteiger partial charge in [0.05, 0.1) is 4.92 Å². The van der Waals surface area contributed by atoms with Crippen LogP contribution in [0.3, 0.4) is 0 Å². The summed E-state index contributed by atoms with van der Waals surface area (Å²) in [6.45, 7) is -0.538. The van der Waals surface area contributed by atoms with Crippen molar-refractivity contribution < 1.29 is 19.2 Å². The molecule has 0 aliphatic heterocycles. The molecule has 27 heavy (non-hydrogen) atoms. The number of hydrogen-bond acceptors (Lipinski definition) is 6. The number of nitro benzene ring substituents is 1. The third-order valence-corrected chi connectivity index (χ3v) is 4.69. The van der Waals surface area contributed by atoms with Crippen molar-refractivity contribution in [3.63, 3.8) is 0 Å². The Morgan fingerprint density at radius 2 is 1.70 bits per heavy atom. The maximum absolute atomic E-state index is 12.1. The van der Waals surface area contributed by atoms with Gasteiger partial charge in [0.1, 0.15) is 10.6 Å². The normalized spacial score (nSPS) is 10.2. The molecule has 1 aromatic heterocycles. The van der Waals surface area contributed by atoms with E-state index in [1.165, 1.54) is 29.5 Å². The number of amides is 1. The van der Waals surface area contributed by atoms with Gasteiger partial charge in [0, 0.05) is 10.9 Å². The number of ether oxygens (including phenoxy) is 1. The fourth-order valence-corrected chi connectivity index (χ4v) is 3.24. The second kappa shape index (κ2) is 8.24. The topological polar surface area (TPSA) is 98.5 Å². The summed E-state index contributed by atoms with van der Waals surface area (Å²) < 4.78 is 5.00. The second-order valence-electron chi connectivity index (χ2n) is 5.43. The Bertz CT molecular complexity index is 985. The molecule has 2 aromatic carbocycles. The smallest absolute Gasteiger partial charge is 0.348 e. The van der Waals surface area contributed by atoms with Gasteiger partial charge in [0.15, 0.2) is 6.61 Å². The first-order valence-electron chi connectivity index (χ1n) is 7.90. The quantitative estimate of drug-likeness (QED) is 0.393. The van der Waals surface area contributed by atoms with Gasteiger partial charge in [-0.1, -0.05) is 42.5 Å². The van der Waals surface area contributed by atoms with E-state index >= 15 is 0 Å². The van der Waals surface area contributed by atoms with Crippen LogP contribution in [0.5, 0.6) is 0 Å². The summed E-state index contributed by atoms with van der Waals surface area (Å²) in [6.07, 6.45) is 0. The fourth-order valence-electron chi connectivity index (χ4n) is 2.33. The molecule has 1 amide bonds. The van der Waals surface area contributed by atoms with Crippen LogP contribution in [0.2, 0.25) is 0 Å². The van der Waals surface area contributed by atoms with Crippen LogP contribution < -0.4 is 5.32 Å². The standard InChI is InChI=1S/C19H14N2O5S/c22-18(20-14-8-4-5-9-15(14)21(24)25)12-26-19(23)17-11-10-16(27-17)13-6-2-1-3-7-13/h1-11H,12H2,(H,20,22). The third-order valence-electron chi connectivity index (χ3n) is 3.57. The summed E-state index contributed by atoms with van der Waals surface area (Å²) in [5.41, 5.74) is 0.796. The molecule has 1 N–H and O–H groups in total. The number of hydrogen-bond donors (Lipinski definition) is 1.